The smallest absolute Gasteiger partial charge is 0.337 e. The summed E-state index contributed by atoms with van der Waals surface area (Å²) in [4.78, 5) is 25.1. The van der Waals surface area contributed by atoms with Gasteiger partial charge < -0.3 is 10.8 Å². The summed E-state index contributed by atoms with van der Waals surface area (Å²) in [7, 11) is 0. The van der Waals surface area contributed by atoms with Crippen LogP contribution in [-0.2, 0) is 4.79 Å². The maximum Gasteiger partial charge on any atom is 0.337 e. The summed E-state index contributed by atoms with van der Waals surface area (Å²) >= 11 is 1.48. The van der Waals surface area contributed by atoms with Gasteiger partial charge in [-0.3, -0.25) is 4.40 Å². The van der Waals surface area contributed by atoms with Crippen molar-refractivity contribution in [1.82, 2.24) is 19.4 Å². The number of anilines is 1. The van der Waals surface area contributed by atoms with Crippen LogP contribution in [0, 0.1) is 0 Å². The lowest BCUT2D eigenvalue weighted by atomic mass is 10.1. The molecule has 4 rings (SSSR count). The van der Waals surface area contributed by atoms with Crippen LogP contribution >= 0.6 is 11.3 Å². The molecule has 0 aliphatic carbocycles. The third-order valence-electron chi connectivity index (χ3n) is 3.81. The molecule has 1 aromatic carbocycles. The summed E-state index contributed by atoms with van der Waals surface area (Å²) < 4.78 is 1.86. The highest BCUT2D eigenvalue weighted by Gasteiger charge is 2.18. The highest BCUT2D eigenvalue weighted by Crippen LogP contribution is 2.29. The number of thiazole rings is 1. The van der Waals surface area contributed by atoms with Gasteiger partial charge in [0.05, 0.1) is 22.7 Å². The maximum atomic E-state index is 11.9. The number of nitrogens with two attached hydrogens (primary N) is 1. The van der Waals surface area contributed by atoms with Gasteiger partial charge in [-0.2, -0.15) is 0 Å². The molecule has 3 heterocycles. The molecule has 0 aliphatic heterocycles. The minimum absolute atomic E-state index is 0.0179. The lowest BCUT2D eigenvalue weighted by Gasteiger charge is -2.04. The zero-order valence-electron chi connectivity index (χ0n) is 13.4. The third-order valence-corrected chi connectivity index (χ3v) is 4.56. The fourth-order valence-corrected chi connectivity index (χ4v) is 3.38. The largest absolute Gasteiger partial charge is 0.478 e. The van der Waals surface area contributed by atoms with Gasteiger partial charge in [0, 0.05) is 23.3 Å². The standard InChI is InChI=1S/C18H13N5O2S/c19-17-20-7-6-13(21-17)12(16(24)25)10-14-15(11-4-2-1-3-5-11)22-18-23(14)8-9-26-18/h1-10H,(H,24,25)(H2,19,20,21). The van der Waals surface area contributed by atoms with E-state index in [2.05, 4.69) is 15.0 Å². The molecule has 7 nitrogen and oxygen atoms in total. The number of carboxylic acid groups (broad SMARTS) is 1. The molecule has 3 N–H and O–H groups in total. The molecule has 0 atom stereocenters. The quantitative estimate of drug-likeness (QED) is 0.540. The first-order valence-electron chi connectivity index (χ1n) is 7.68. The van der Waals surface area contributed by atoms with E-state index in [-0.39, 0.29) is 17.2 Å². The van der Waals surface area contributed by atoms with E-state index in [0.717, 1.165) is 10.5 Å². The number of rotatable bonds is 4. The first-order valence-corrected chi connectivity index (χ1v) is 8.56. The van der Waals surface area contributed by atoms with Crippen molar-refractivity contribution in [1.29, 1.82) is 0 Å². The second-order valence-corrected chi connectivity index (χ2v) is 6.30. The van der Waals surface area contributed by atoms with Crippen LogP contribution in [0.3, 0.4) is 0 Å². The number of nitrogen functional groups attached to an aromatic ring is 1. The summed E-state index contributed by atoms with van der Waals surface area (Å²) in [5.41, 5.74) is 8.15. The molecule has 3 aromatic heterocycles. The van der Waals surface area contributed by atoms with E-state index in [1.54, 1.807) is 6.08 Å². The normalized spacial score (nSPS) is 11.8. The first kappa shape index (κ1) is 16.0. The molecule has 4 aromatic rings. The van der Waals surface area contributed by atoms with E-state index in [9.17, 15) is 9.90 Å². The van der Waals surface area contributed by atoms with Crippen LogP contribution in [0.2, 0.25) is 0 Å². The molecular weight excluding hydrogens is 350 g/mol. The topological polar surface area (TPSA) is 106 Å². The SMILES string of the molecule is Nc1nccc(C(=Cc2c(-c3ccccc3)nc3sccn23)C(=O)O)n1. The lowest BCUT2D eigenvalue weighted by molar-refractivity contribution is -0.130. The average molecular weight is 363 g/mol. The number of hydrogen-bond acceptors (Lipinski definition) is 6. The van der Waals surface area contributed by atoms with Crippen molar-refractivity contribution >= 4 is 39.9 Å². The van der Waals surface area contributed by atoms with Gasteiger partial charge in [-0.1, -0.05) is 30.3 Å². The molecule has 26 heavy (non-hydrogen) atoms. The molecule has 0 bridgehead atoms. The van der Waals surface area contributed by atoms with Crippen molar-refractivity contribution < 1.29 is 9.90 Å². The summed E-state index contributed by atoms with van der Waals surface area (Å²) in [5.74, 6) is -1.08. The van der Waals surface area contributed by atoms with Gasteiger partial charge in [0.15, 0.2) is 4.96 Å². The Morgan fingerprint density at radius 1 is 1.19 bits per heavy atom. The van der Waals surface area contributed by atoms with Crippen molar-refractivity contribution in [3.05, 3.63) is 65.6 Å². The van der Waals surface area contributed by atoms with Crippen LogP contribution in [-0.4, -0.2) is 30.4 Å². The van der Waals surface area contributed by atoms with Gasteiger partial charge in [-0.25, -0.2) is 19.7 Å². The van der Waals surface area contributed by atoms with E-state index < -0.39 is 5.97 Å². The molecule has 128 valence electrons. The highest BCUT2D eigenvalue weighted by molar-refractivity contribution is 7.15. The number of aliphatic carboxylic acids is 1. The number of carboxylic acids is 1. The number of aromatic nitrogens is 4. The Hall–Kier alpha value is -3.52. The van der Waals surface area contributed by atoms with E-state index >= 15 is 0 Å². The number of fused-ring (bicyclic) bond motifs is 1. The minimum Gasteiger partial charge on any atom is -0.478 e. The molecule has 0 aliphatic rings. The zero-order valence-corrected chi connectivity index (χ0v) is 14.2. The Morgan fingerprint density at radius 3 is 2.73 bits per heavy atom. The van der Waals surface area contributed by atoms with E-state index in [4.69, 9.17) is 5.73 Å². The second kappa shape index (κ2) is 6.41. The van der Waals surface area contributed by atoms with Gasteiger partial charge in [0.2, 0.25) is 5.95 Å². The van der Waals surface area contributed by atoms with Crippen molar-refractivity contribution in [3.8, 4) is 11.3 Å². The van der Waals surface area contributed by atoms with Gasteiger partial charge >= 0.3 is 5.97 Å². The van der Waals surface area contributed by atoms with Crippen molar-refractivity contribution in [2.75, 3.05) is 5.73 Å². The van der Waals surface area contributed by atoms with Crippen LogP contribution in [0.15, 0.2) is 54.2 Å². The Balaban J connectivity index is 1.96. The van der Waals surface area contributed by atoms with Crippen LogP contribution in [0.25, 0.3) is 27.9 Å². The van der Waals surface area contributed by atoms with Crippen molar-refractivity contribution in [2.45, 2.75) is 0 Å². The molecule has 0 amide bonds. The number of nitrogens with zero attached hydrogens (tertiary/aromatic N) is 4. The summed E-state index contributed by atoms with van der Waals surface area (Å²) in [5, 5.41) is 11.6. The van der Waals surface area contributed by atoms with Gasteiger partial charge in [0.25, 0.3) is 0 Å². The Kier molecular flexibility index (Phi) is 3.94. The monoisotopic (exact) mass is 363 g/mol. The average Bonchev–Trinajstić information content (AvgIpc) is 3.22. The van der Waals surface area contributed by atoms with Crippen LogP contribution in [0.4, 0.5) is 5.95 Å². The zero-order chi connectivity index (χ0) is 18.1. The number of carbonyl (C=O) groups is 1. The van der Waals surface area contributed by atoms with Crippen molar-refractivity contribution in [3.63, 3.8) is 0 Å². The number of benzene rings is 1. The molecule has 0 radical (unpaired) electrons. The number of imidazole rings is 1. The molecule has 0 unspecified atom stereocenters. The highest BCUT2D eigenvalue weighted by atomic mass is 32.1. The molecule has 0 spiro atoms. The fraction of sp³-hybridized carbons (Fsp3) is 0. The van der Waals surface area contributed by atoms with Crippen molar-refractivity contribution in [2.24, 2.45) is 0 Å². The summed E-state index contributed by atoms with van der Waals surface area (Å²) in [6.45, 7) is 0. The Bertz CT molecular complexity index is 1130. The molecule has 0 saturated heterocycles. The Labute approximate surface area is 152 Å². The minimum atomic E-state index is -1.10. The summed E-state index contributed by atoms with van der Waals surface area (Å²) in [6.07, 6.45) is 4.86. The van der Waals surface area contributed by atoms with Gasteiger partial charge in [0.1, 0.15) is 0 Å². The van der Waals surface area contributed by atoms with Gasteiger partial charge in [-0.05, 0) is 12.1 Å². The maximum absolute atomic E-state index is 11.9. The molecule has 8 heteroatoms. The first-order chi connectivity index (χ1) is 12.6. The van der Waals surface area contributed by atoms with Crippen LogP contribution in [0.5, 0.6) is 0 Å². The molecule has 0 saturated carbocycles. The second-order valence-electron chi connectivity index (χ2n) is 5.43. The fourth-order valence-electron chi connectivity index (χ4n) is 2.66. The van der Waals surface area contributed by atoms with E-state index in [1.807, 2.05) is 46.3 Å². The number of hydrogen-bond donors (Lipinski definition) is 2. The predicted octanol–water partition coefficient (Wildman–Crippen LogP) is 3.06. The van der Waals surface area contributed by atoms with E-state index in [1.165, 1.54) is 23.6 Å². The molecular formula is C18H13N5O2S. The summed E-state index contributed by atoms with van der Waals surface area (Å²) in [6, 6.07) is 11.1. The van der Waals surface area contributed by atoms with E-state index in [0.29, 0.717) is 11.4 Å². The Morgan fingerprint density at radius 2 is 2.00 bits per heavy atom. The predicted molar refractivity (Wildman–Crippen MR) is 100 cm³/mol. The van der Waals surface area contributed by atoms with Crippen LogP contribution in [0.1, 0.15) is 11.4 Å². The van der Waals surface area contributed by atoms with Crippen LogP contribution < -0.4 is 5.73 Å². The molecule has 0 fully saturated rings. The third kappa shape index (κ3) is 2.82. The van der Waals surface area contributed by atoms with Gasteiger partial charge in [-0.15, -0.1) is 11.3 Å². The lowest BCUT2D eigenvalue weighted by Crippen LogP contribution is -2.05.